The maximum Gasteiger partial charge on any atom is 0.426 e. The van der Waals surface area contributed by atoms with Gasteiger partial charge in [-0.1, -0.05) is 92.2 Å². The van der Waals surface area contributed by atoms with Crippen molar-refractivity contribution >= 4 is 28.5 Å². The van der Waals surface area contributed by atoms with Crippen molar-refractivity contribution in [1.29, 1.82) is 0 Å². The Balaban J connectivity index is 0.000000204. The Kier molecular flexibility index (Phi) is 10.2. The van der Waals surface area contributed by atoms with Crippen LogP contribution in [-0.4, -0.2) is 24.4 Å². The zero-order valence-corrected chi connectivity index (χ0v) is 27.9. The molecule has 6 rings (SSSR count). The second-order valence-electron chi connectivity index (χ2n) is 12.3. The first-order chi connectivity index (χ1) is 23.2. The number of allylic oxidation sites excluding steroid dienone is 2. The van der Waals surface area contributed by atoms with E-state index in [4.69, 9.17) is 25.5 Å². The van der Waals surface area contributed by atoms with E-state index in [1.165, 1.54) is 18.4 Å². The van der Waals surface area contributed by atoms with Crippen LogP contribution < -0.4 is 10.2 Å². The zero-order chi connectivity index (χ0) is 35.5. The van der Waals surface area contributed by atoms with Crippen molar-refractivity contribution in [2.75, 3.05) is 7.11 Å². The van der Waals surface area contributed by atoms with E-state index in [1.807, 2.05) is 55.5 Å². The summed E-state index contributed by atoms with van der Waals surface area (Å²) in [4.78, 5) is 24.9. The lowest BCUT2D eigenvalue weighted by Gasteiger charge is -2.12. The fourth-order valence-corrected chi connectivity index (χ4v) is 5.92. The largest absolute Gasteiger partial charge is 0.508 e. The average Bonchev–Trinajstić information content (AvgIpc) is 3.63. The van der Waals surface area contributed by atoms with Crippen molar-refractivity contribution in [3.05, 3.63) is 130 Å². The Bertz CT molecular complexity index is 2050. The fraction of sp³-hybridized carbons (Fsp3) is 0.231. The van der Waals surface area contributed by atoms with Gasteiger partial charge in [0.1, 0.15) is 35.0 Å². The van der Waals surface area contributed by atoms with E-state index in [-0.39, 0.29) is 17.8 Å². The summed E-state index contributed by atoms with van der Waals surface area (Å²) in [6, 6.07) is 27.3. The van der Waals surface area contributed by atoms with Crippen LogP contribution >= 0.6 is 11.6 Å². The molecule has 1 N–H and O–H groups in total. The van der Waals surface area contributed by atoms with Crippen LogP contribution in [0.3, 0.4) is 0 Å². The summed E-state index contributed by atoms with van der Waals surface area (Å²) in [5, 5.41) is 8.63. The highest BCUT2D eigenvalue weighted by molar-refractivity contribution is 6.30. The number of esters is 1. The first-order valence-corrected chi connectivity index (χ1v) is 15.7. The molecule has 0 radical (unpaired) electrons. The first-order valence-electron chi connectivity index (χ1n) is 15.4. The van der Waals surface area contributed by atoms with Crippen LogP contribution in [0.2, 0.25) is 0 Å². The maximum absolute atomic E-state index is 12.7. The minimum Gasteiger partial charge on any atom is -0.508 e. The van der Waals surface area contributed by atoms with Gasteiger partial charge in [0, 0.05) is 6.07 Å². The molecule has 0 spiro atoms. The average molecular weight is 691 g/mol. The van der Waals surface area contributed by atoms with Crippen LogP contribution in [0.5, 0.6) is 11.5 Å². The van der Waals surface area contributed by atoms with E-state index in [0.29, 0.717) is 16.5 Å². The second-order valence-corrected chi connectivity index (χ2v) is 12.7. The molecule has 6 nitrogen and oxygen atoms in total. The number of carbonyl (C=O) groups excluding carboxylic acids is 1. The number of fused-ring (bicyclic) bond motifs is 1. The Hall–Kier alpha value is -5.02. The van der Waals surface area contributed by atoms with Gasteiger partial charge in [-0.15, -0.1) is 0 Å². The molecular weight excluding hydrogens is 657 g/mol. The Morgan fingerprint density at radius 2 is 1.63 bits per heavy atom. The maximum atomic E-state index is 12.7. The number of aromatic hydroxyl groups is 1. The van der Waals surface area contributed by atoms with Crippen LogP contribution in [0, 0.1) is 24.2 Å². The standard InChI is InChI=1S/C23H22ClF3O2.C16H12O4/c1-14-16(10-7-11-17(14)15-8-5-4-6-9-15)13-29-21(28)20-18(22(20,2)3)12-19(24)23(25,26)27;1-19-12-5-2-10(3-6-12)14-9-20-15-8-11(17)4-7-13(15)16(14)18/h4-12,18,20H,13H2,1-3H3;2-9,17H,1H3/b19-12-;/t18-,20-;/m1./s1. The molecule has 1 aromatic heterocycles. The van der Waals surface area contributed by atoms with Gasteiger partial charge in [0.25, 0.3) is 0 Å². The Morgan fingerprint density at radius 3 is 2.29 bits per heavy atom. The van der Waals surface area contributed by atoms with Gasteiger partial charge in [0.15, 0.2) is 5.43 Å². The molecular formula is C39H34ClF3O6. The van der Waals surface area contributed by atoms with Gasteiger partial charge < -0.3 is 19.0 Å². The van der Waals surface area contributed by atoms with Gasteiger partial charge in [0.05, 0.1) is 24.0 Å². The van der Waals surface area contributed by atoms with Crippen molar-refractivity contribution < 1.29 is 37.0 Å². The van der Waals surface area contributed by atoms with Gasteiger partial charge >= 0.3 is 12.1 Å². The number of phenols is 1. The van der Waals surface area contributed by atoms with Crippen LogP contribution in [0.1, 0.15) is 25.0 Å². The molecule has 49 heavy (non-hydrogen) atoms. The van der Waals surface area contributed by atoms with Gasteiger partial charge in [-0.05, 0) is 70.3 Å². The van der Waals surface area contributed by atoms with Gasteiger partial charge in [-0.2, -0.15) is 13.2 Å². The number of benzene rings is 4. The highest BCUT2D eigenvalue weighted by Gasteiger charge is 2.62. The monoisotopic (exact) mass is 690 g/mol. The summed E-state index contributed by atoms with van der Waals surface area (Å²) in [5.41, 5.74) is 4.82. The van der Waals surface area contributed by atoms with E-state index in [1.54, 1.807) is 51.3 Å². The molecule has 1 saturated carbocycles. The lowest BCUT2D eigenvalue weighted by molar-refractivity contribution is -0.147. The molecule has 0 aliphatic heterocycles. The van der Waals surface area contributed by atoms with Crippen LogP contribution in [-0.2, 0) is 16.1 Å². The van der Waals surface area contributed by atoms with Crippen molar-refractivity contribution in [2.24, 2.45) is 17.3 Å². The van der Waals surface area contributed by atoms with Crippen molar-refractivity contribution in [3.8, 4) is 33.8 Å². The summed E-state index contributed by atoms with van der Waals surface area (Å²) in [7, 11) is 1.59. The minimum absolute atomic E-state index is 0.0675. The van der Waals surface area contributed by atoms with Gasteiger partial charge in [0.2, 0.25) is 0 Å². The molecule has 0 saturated heterocycles. The number of halogens is 4. The van der Waals surface area contributed by atoms with Crippen molar-refractivity contribution in [1.82, 2.24) is 0 Å². The van der Waals surface area contributed by atoms with Gasteiger partial charge in [-0.3, -0.25) is 9.59 Å². The first kappa shape index (κ1) is 35.3. The summed E-state index contributed by atoms with van der Waals surface area (Å²) in [6.45, 7) is 5.51. The topological polar surface area (TPSA) is 86.0 Å². The third-order valence-corrected chi connectivity index (χ3v) is 9.16. The highest BCUT2D eigenvalue weighted by Crippen LogP contribution is 2.60. The number of ether oxygens (including phenoxy) is 2. The lowest BCUT2D eigenvalue weighted by Crippen LogP contribution is -2.11. The summed E-state index contributed by atoms with van der Waals surface area (Å²) in [5.74, 6) is -0.953. The number of hydrogen-bond donors (Lipinski definition) is 1. The number of alkyl halides is 3. The molecule has 4 aromatic carbocycles. The number of hydrogen-bond acceptors (Lipinski definition) is 6. The number of methoxy groups -OCH3 is 1. The normalized spacial score (nSPS) is 16.8. The third kappa shape index (κ3) is 7.84. The number of rotatable bonds is 7. The minimum atomic E-state index is -4.61. The van der Waals surface area contributed by atoms with Crippen molar-refractivity contribution in [3.63, 3.8) is 0 Å². The molecule has 1 aliphatic carbocycles. The van der Waals surface area contributed by atoms with Crippen LogP contribution in [0.15, 0.2) is 118 Å². The third-order valence-electron chi connectivity index (χ3n) is 8.82. The fourth-order valence-electron chi connectivity index (χ4n) is 5.79. The number of carbonyl (C=O) groups is 1. The summed E-state index contributed by atoms with van der Waals surface area (Å²) < 4.78 is 54.1. The highest BCUT2D eigenvalue weighted by atomic mass is 35.5. The predicted molar refractivity (Wildman–Crippen MR) is 183 cm³/mol. The number of phenolic OH excluding ortho intramolecular Hbond substituents is 1. The molecule has 2 atom stereocenters. The molecule has 5 aromatic rings. The second kappa shape index (κ2) is 14.2. The van der Waals surface area contributed by atoms with Crippen molar-refractivity contribution in [2.45, 2.75) is 33.6 Å². The molecule has 1 fully saturated rings. The van der Waals surface area contributed by atoms with E-state index in [9.17, 15) is 27.9 Å². The van der Waals surface area contributed by atoms with Gasteiger partial charge in [-0.25, -0.2) is 0 Å². The Morgan fingerprint density at radius 1 is 0.959 bits per heavy atom. The van der Waals surface area contributed by atoms with E-state index < -0.39 is 34.4 Å². The van der Waals surface area contributed by atoms with Crippen LogP contribution in [0.25, 0.3) is 33.2 Å². The lowest BCUT2D eigenvalue weighted by atomic mass is 9.97. The van der Waals surface area contributed by atoms with Crippen LogP contribution in [0.4, 0.5) is 13.2 Å². The Labute approximate surface area is 286 Å². The molecule has 10 heteroatoms. The predicted octanol–water partition coefficient (Wildman–Crippen LogP) is 9.84. The molecule has 1 aliphatic rings. The summed E-state index contributed by atoms with van der Waals surface area (Å²) in [6.07, 6.45) is -2.27. The molecule has 1 heterocycles. The molecule has 0 bridgehead atoms. The van der Waals surface area contributed by atoms with E-state index >= 15 is 0 Å². The SMILES string of the molecule is COc1ccc(-c2coc3cc(O)ccc3c2=O)cc1.Cc1c(COC(=O)[C@H]2[C@@H](/C=C(\Cl)C(F)(F)F)C2(C)C)cccc1-c1ccccc1. The quantitative estimate of drug-likeness (QED) is 0.171. The molecule has 254 valence electrons. The smallest absolute Gasteiger partial charge is 0.426 e. The molecule has 0 amide bonds. The summed E-state index contributed by atoms with van der Waals surface area (Å²) >= 11 is 5.34. The zero-order valence-electron chi connectivity index (χ0n) is 27.2. The van der Waals surface area contributed by atoms with E-state index in [2.05, 4.69) is 0 Å². The molecule has 0 unspecified atom stereocenters. The van der Waals surface area contributed by atoms with E-state index in [0.717, 1.165) is 39.6 Å².